The number of thioether (sulfide) groups is 1. The monoisotopic (exact) mass is 701 g/mol. The summed E-state index contributed by atoms with van der Waals surface area (Å²) < 4.78 is -0.817. The Balaban J connectivity index is 1.88. The molecule has 0 radical (unpaired) electrons. The third-order valence-corrected chi connectivity index (χ3v) is 13.2. The van der Waals surface area contributed by atoms with E-state index in [0.29, 0.717) is 19.5 Å². The summed E-state index contributed by atoms with van der Waals surface area (Å²) in [5.74, 6) is -1.82. The number of alkyl halides is 1. The molecule has 9 heteroatoms. The summed E-state index contributed by atoms with van der Waals surface area (Å²) in [5.41, 5.74) is 0.167. The van der Waals surface area contributed by atoms with Crippen LogP contribution in [-0.4, -0.2) is 84.8 Å². The molecule has 0 aromatic heterocycles. The van der Waals surface area contributed by atoms with E-state index in [0.717, 1.165) is 18.5 Å². The molecule has 8 atom stereocenters. The molecule has 3 saturated heterocycles. The zero-order chi connectivity index (χ0) is 33.5. The molecule has 3 aliphatic heterocycles. The lowest BCUT2D eigenvalue weighted by Gasteiger charge is -2.47. The van der Waals surface area contributed by atoms with Crippen LogP contribution in [0.5, 0.6) is 0 Å². The molecule has 7 nitrogen and oxygen atoms in total. The second-order valence-electron chi connectivity index (χ2n) is 14.9. The Bertz CT molecular complexity index is 1280. The van der Waals surface area contributed by atoms with Crippen LogP contribution in [0.4, 0.5) is 5.69 Å². The fraction of sp³-hybridized carbons (Fsp3) is 0.639. The number of benzene rings is 1. The molecule has 1 aromatic carbocycles. The smallest absolute Gasteiger partial charge is 0.247 e. The van der Waals surface area contributed by atoms with Gasteiger partial charge in [0.1, 0.15) is 6.04 Å². The van der Waals surface area contributed by atoms with Gasteiger partial charge in [-0.3, -0.25) is 14.4 Å². The number of hydrogen-bond acceptors (Lipinski definition) is 5. The summed E-state index contributed by atoms with van der Waals surface area (Å²) in [7, 11) is 0. The first-order valence-electron chi connectivity index (χ1n) is 16.2. The Morgan fingerprint density at radius 2 is 1.76 bits per heavy atom. The molecule has 0 aliphatic carbocycles. The predicted molar refractivity (Wildman–Crippen MR) is 188 cm³/mol. The van der Waals surface area contributed by atoms with Crippen molar-refractivity contribution in [1.82, 2.24) is 9.80 Å². The van der Waals surface area contributed by atoms with Crippen molar-refractivity contribution < 1.29 is 19.5 Å². The Morgan fingerprint density at radius 1 is 1.13 bits per heavy atom. The highest BCUT2D eigenvalue weighted by atomic mass is 79.9. The molecule has 3 heterocycles. The number of amides is 3. The summed E-state index contributed by atoms with van der Waals surface area (Å²) in [5, 5.41) is 10.6. The third-order valence-electron chi connectivity index (χ3n) is 10.0. The Morgan fingerprint density at radius 3 is 2.29 bits per heavy atom. The van der Waals surface area contributed by atoms with Crippen molar-refractivity contribution in [2.75, 3.05) is 24.6 Å². The number of anilines is 1. The number of para-hydroxylation sites is 1. The van der Waals surface area contributed by atoms with E-state index >= 15 is 4.79 Å². The fourth-order valence-corrected chi connectivity index (χ4v) is 11.9. The Kier molecular flexibility index (Phi) is 10.8. The molecule has 1 aromatic rings. The normalized spacial score (nSPS) is 28.9. The van der Waals surface area contributed by atoms with Gasteiger partial charge in [0.05, 0.1) is 29.2 Å². The van der Waals surface area contributed by atoms with E-state index in [4.69, 9.17) is 0 Å². The molecule has 248 valence electrons. The topological polar surface area (TPSA) is 81.2 Å². The Hall–Kier alpha value is -2.10. The molecule has 3 unspecified atom stereocenters. The van der Waals surface area contributed by atoms with Crippen LogP contribution >= 0.6 is 27.7 Å². The molecule has 2 bridgehead atoms. The van der Waals surface area contributed by atoms with Crippen LogP contribution in [0.15, 0.2) is 55.6 Å². The molecule has 4 rings (SSSR count). The van der Waals surface area contributed by atoms with Crippen molar-refractivity contribution in [2.45, 2.75) is 100 Å². The van der Waals surface area contributed by atoms with E-state index in [1.807, 2.05) is 49.1 Å². The van der Waals surface area contributed by atoms with Gasteiger partial charge < -0.3 is 19.8 Å². The molecule has 3 fully saturated rings. The molecule has 3 amide bonds. The van der Waals surface area contributed by atoms with Crippen molar-refractivity contribution in [3.05, 3.63) is 55.6 Å². The highest BCUT2D eigenvalue weighted by Gasteiger charge is 2.77. The zero-order valence-corrected chi connectivity index (χ0v) is 30.4. The first kappa shape index (κ1) is 35.7. The minimum Gasteiger partial charge on any atom is -0.394 e. The van der Waals surface area contributed by atoms with Crippen LogP contribution in [0.25, 0.3) is 0 Å². The van der Waals surface area contributed by atoms with Crippen LogP contribution in [0.2, 0.25) is 0 Å². The predicted octanol–water partition coefficient (Wildman–Crippen LogP) is 6.31. The van der Waals surface area contributed by atoms with Crippen LogP contribution < -0.4 is 4.90 Å². The van der Waals surface area contributed by atoms with Crippen molar-refractivity contribution in [1.29, 1.82) is 0 Å². The number of nitrogens with zero attached hydrogens (tertiary/aromatic N) is 3. The summed E-state index contributed by atoms with van der Waals surface area (Å²) in [4.78, 5) is 50.0. The maximum absolute atomic E-state index is 15.2. The van der Waals surface area contributed by atoms with Gasteiger partial charge in [0.15, 0.2) is 0 Å². The number of likely N-dealkylation sites (tertiary alicyclic amines) is 1. The van der Waals surface area contributed by atoms with E-state index in [-0.39, 0.29) is 45.7 Å². The second kappa shape index (κ2) is 13.6. The maximum atomic E-state index is 15.2. The molecular weight excluding hydrogens is 650 g/mol. The third kappa shape index (κ3) is 6.42. The second-order valence-corrected chi connectivity index (χ2v) is 17.6. The number of hydrogen-bond donors (Lipinski definition) is 1. The van der Waals surface area contributed by atoms with Gasteiger partial charge in [0.25, 0.3) is 0 Å². The van der Waals surface area contributed by atoms with Gasteiger partial charge in [-0.15, -0.1) is 24.9 Å². The van der Waals surface area contributed by atoms with Crippen molar-refractivity contribution in [3.63, 3.8) is 0 Å². The Labute approximate surface area is 283 Å². The van der Waals surface area contributed by atoms with Crippen molar-refractivity contribution in [3.8, 4) is 0 Å². The summed E-state index contributed by atoms with van der Waals surface area (Å²) in [6.45, 7) is 23.0. The van der Waals surface area contributed by atoms with Crippen LogP contribution in [0.1, 0.15) is 67.7 Å². The van der Waals surface area contributed by atoms with Crippen molar-refractivity contribution >= 4 is 51.1 Å². The highest BCUT2D eigenvalue weighted by molar-refractivity contribution is 9.09. The zero-order valence-electron chi connectivity index (χ0n) is 28.0. The number of rotatable bonds is 13. The SMILES string of the molecule is C=CCN(C(=O)[C@H]1[C@@H]2SC3(CC2Br)C(C(=O)N(CC=C)C(C)(C)CC(C)(C)C)N([C@@H](CO)[C@@H](C)CC)C(=O)[C@H]13)c1ccccc1. The van der Waals surface area contributed by atoms with Gasteiger partial charge in [-0.1, -0.05) is 87.3 Å². The quantitative estimate of drug-likeness (QED) is 0.193. The number of carbonyl (C=O) groups excluding carboxylic acids is 3. The summed E-state index contributed by atoms with van der Waals surface area (Å²) in [6.07, 6.45) is 5.53. The number of fused-ring (bicyclic) bond motifs is 1. The fourth-order valence-electron chi connectivity index (χ4n) is 8.35. The van der Waals surface area contributed by atoms with E-state index < -0.39 is 34.2 Å². The number of carbonyl (C=O) groups is 3. The lowest BCUT2D eigenvalue weighted by Crippen LogP contribution is -2.62. The first-order valence-corrected chi connectivity index (χ1v) is 18.0. The molecule has 45 heavy (non-hydrogen) atoms. The average Bonchev–Trinajstić information content (AvgIpc) is 3.56. The molecule has 0 saturated carbocycles. The van der Waals surface area contributed by atoms with Crippen LogP contribution in [0, 0.1) is 23.2 Å². The average molecular weight is 703 g/mol. The summed E-state index contributed by atoms with van der Waals surface area (Å²) >= 11 is 5.55. The van der Waals surface area contributed by atoms with Crippen molar-refractivity contribution in [2.24, 2.45) is 23.2 Å². The highest BCUT2D eigenvalue weighted by Crippen LogP contribution is 2.68. The van der Waals surface area contributed by atoms with Gasteiger partial charge in [-0.25, -0.2) is 0 Å². The molecular formula is C36H52BrN3O4S. The standard InChI is InChI=1S/C36H52BrN3O4S/c1-10-18-38(24-16-14-13-15-17-24)31(42)27-28-32(43)40(26(21-41)23(4)12-3)30(36(28)20-25(37)29(27)45-36)33(44)39(19-11-2)35(8,9)22-34(5,6)7/h10-11,13-17,23,25-30,41H,1-2,12,18-22H2,3-9H3/t23-,25?,26-,27+,28-,29+,30?,36?/m0/s1. The number of aliphatic hydroxyl groups excluding tert-OH is 1. The van der Waals surface area contributed by atoms with E-state index in [2.05, 4.69) is 63.7 Å². The minimum atomic E-state index is -0.822. The number of halogens is 1. The lowest BCUT2D eigenvalue weighted by molar-refractivity contribution is -0.150. The van der Waals surface area contributed by atoms with Crippen LogP contribution in [-0.2, 0) is 14.4 Å². The van der Waals surface area contributed by atoms with Gasteiger partial charge >= 0.3 is 0 Å². The number of aliphatic hydroxyl groups is 1. The van der Waals surface area contributed by atoms with E-state index in [9.17, 15) is 14.7 Å². The van der Waals surface area contributed by atoms with Gasteiger partial charge in [0.2, 0.25) is 17.7 Å². The molecule has 1 N–H and O–H groups in total. The maximum Gasteiger partial charge on any atom is 0.247 e. The van der Waals surface area contributed by atoms with Gasteiger partial charge in [0, 0.05) is 34.4 Å². The lowest BCUT2D eigenvalue weighted by atomic mass is 9.70. The van der Waals surface area contributed by atoms with E-state index in [1.165, 1.54) is 0 Å². The molecule has 1 spiro atoms. The van der Waals surface area contributed by atoms with Gasteiger partial charge in [-0.2, -0.15) is 0 Å². The summed E-state index contributed by atoms with van der Waals surface area (Å²) in [6, 6.07) is 8.12. The molecule has 3 aliphatic rings. The largest absolute Gasteiger partial charge is 0.394 e. The van der Waals surface area contributed by atoms with Gasteiger partial charge in [-0.05, 0) is 50.2 Å². The first-order chi connectivity index (χ1) is 21.1. The minimum absolute atomic E-state index is 0.0439. The van der Waals surface area contributed by atoms with E-state index in [1.54, 1.807) is 33.7 Å². The van der Waals surface area contributed by atoms with Crippen LogP contribution in [0.3, 0.4) is 0 Å².